The van der Waals surface area contributed by atoms with Gasteiger partial charge < -0.3 is 9.68 Å². The number of nitrogens with zero attached hydrogens (tertiary/aromatic N) is 2. The number of fused-ring (bicyclic) bond motifs is 3. The third-order valence-electron chi connectivity index (χ3n) is 13.2. The first-order chi connectivity index (χ1) is 32.0. The third kappa shape index (κ3) is 9.57. The highest BCUT2D eigenvalue weighted by molar-refractivity contribution is 7.16. The zero-order valence-corrected chi connectivity index (χ0v) is 39.1. The average molecular weight is 897 g/mol. The summed E-state index contributed by atoms with van der Waals surface area (Å²) in [6, 6.07) is 42.3. The second kappa shape index (κ2) is 20.5. The number of thiophene rings is 2. The molecule has 0 spiro atoms. The van der Waals surface area contributed by atoms with Crippen LogP contribution in [-0.2, 0) is 24.7 Å². The van der Waals surface area contributed by atoms with E-state index in [1.807, 2.05) is 72.8 Å². The van der Waals surface area contributed by atoms with Crippen LogP contribution >= 0.6 is 22.7 Å². The Labute approximate surface area is 391 Å². The number of carbonyl (C=O) groups excluding carboxylic acids is 2. The van der Waals surface area contributed by atoms with E-state index < -0.39 is 11.9 Å². The first-order valence-corrected chi connectivity index (χ1v) is 25.2. The van der Waals surface area contributed by atoms with E-state index in [0.29, 0.717) is 22.6 Å². The van der Waals surface area contributed by atoms with Gasteiger partial charge in [-0.15, -0.1) is 22.7 Å². The van der Waals surface area contributed by atoms with E-state index in [-0.39, 0.29) is 5.41 Å². The molecular weight excluding hydrogens is 841 g/mol. The molecule has 1 aliphatic carbocycles. The van der Waals surface area contributed by atoms with E-state index in [4.69, 9.17) is 9.68 Å². The summed E-state index contributed by atoms with van der Waals surface area (Å²) in [6.07, 6.45) is 21.1. The summed E-state index contributed by atoms with van der Waals surface area (Å²) in [5, 5.41) is 8.28. The molecule has 3 aliphatic rings. The molecule has 0 N–H and O–H groups in total. The number of rotatable bonds is 20. The van der Waals surface area contributed by atoms with Gasteiger partial charge in [0.2, 0.25) is 0 Å². The van der Waals surface area contributed by atoms with E-state index in [1.54, 1.807) is 22.7 Å². The van der Waals surface area contributed by atoms with Gasteiger partial charge >= 0.3 is 11.9 Å². The number of oxime groups is 2. The Hall–Kier alpha value is -5.96. The monoisotopic (exact) mass is 896 g/mol. The lowest BCUT2D eigenvalue weighted by Gasteiger charge is -2.33. The molecule has 2 aliphatic heterocycles. The van der Waals surface area contributed by atoms with Gasteiger partial charge in [-0.1, -0.05) is 186 Å². The first kappa shape index (κ1) is 44.3. The second-order valence-electron chi connectivity index (χ2n) is 17.5. The van der Waals surface area contributed by atoms with Gasteiger partial charge in [0.25, 0.3) is 0 Å². The number of hydrogen-bond acceptors (Lipinski definition) is 8. The van der Waals surface area contributed by atoms with Crippen LogP contribution in [0.25, 0.3) is 44.2 Å². The Morgan fingerprint density at radius 3 is 1.32 bits per heavy atom. The number of carbonyl (C=O) groups is 2. The molecule has 4 heterocycles. The lowest BCUT2D eigenvalue weighted by Crippen LogP contribution is -2.25. The van der Waals surface area contributed by atoms with E-state index in [2.05, 4.69) is 84.8 Å². The normalized spacial score (nSPS) is 16.2. The number of hydrogen-bond donors (Lipinski definition) is 0. The van der Waals surface area contributed by atoms with Crippen LogP contribution in [0.15, 0.2) is 143 Å². The molecule has 0 radical (unpaired) electrons. The zero-order valence-electron chi connectivity index (χ0n) is 37.4. The maximum Gasteiger partial charge on any atom is 0.368 e. The first-order valence-electron chi connectivity index (χ1n) is 23.6. The van der Waals surface area contributed by atoms with Crippen LogP contribution in [0.1, 0.15) is 136 Å². The highest BCUT2D eigenvalue weighted by Crippen LogP contribution is 2.56. The summed E-state index contributed by atoms with van der Waals surface area (Å²) in [7, 11) is 0. The van der Waals surface area contributed by atoms with Crippen LogP contribution in [-0.4, -0.2) is 23.4 Å². The summed E-state index contributed by atoms with van der Waals surface area (Å²) < 4.78 is 0. The quantitative estimate of drug-likeness (QED) is 0.0434. The average Bonchev–Trinajstić information content (AvgIpc) is 4.19. The van der Waals surface area contributed by atoms with Crippen LogP contribution in [0.4, 0.5) is 0 Å². The van der Waals surface area contributed by atoms with Crippen molar-refractivity contribution in [3.63, 3.8) is 0 Å². The summed E-state index contributed by atoms with van der Waals surface area (Å²) in [5.74, 6) is -0.854. The van der Waals surface area contributed by atoms with Gasteiger partial charge in [-0.3, -0.25) is 0 Å². The molecule has 8 heteroatoms. The third-order valence-corrected chi connectivity index (χ3v) is 15.3. The molecule has 0 saturated carbocycles. The van der Waals surface area contributed by atoms with Gasteiger partial charge in [0.15, 0.2) is 0 Å². The molecule has 6 aromatic rings. The van der Waals surface area contributed by atoms with Gasteiger partial charge in [-0.05, 0) is 94.8 Å². The standard InChI is InChI=1S/C57H56N2O4S2/c1-3-5-7-9-11-19-33-57(34-20-12-10-8-6-4-2)49-35-41(51-31-27-43(64-51)37-47-53(58-62-55(47)60)39-21-15-13-16-22-39)25-29-45(49)46-30-26-42(36-50(46)57)52-32-28-44(65-52)38-48-54(59-63-56(48)61)40-23-17-14-18-24-40/h13-18,21-32,35-38H,3-12,19-20,33-34H2,1-2H3. The minimum atomic E-state index is -0.427. The summed E-state index contributed by atoms with van der Waals surface area (Å²) in [5.41, 5.74) is 11.6. The van der Waals surface area contributed by atoms with Crippen LogP contribution in [0, 0.1) is 0 Å². The smallest absolute Gasteiger partial charge is 0.312 e. The predicted octanol–water partition coefficient (Wildman–Crippen LogP) is 15.6. The predicted molar refractivity (Wildman–Crippen MR) is 269 cm³/mol. The molecule has 0 saturated heterocycles. The van der Waals surface area contributed by atoms with Crippen molar-refractivity contribution in [1.82, 2.24) is 0 Å². The van der Waals surface area contributed by atoms with E-state index >= 15 is 0 Å². The largest absolute Gasteiger partial charge is 0.368 e. The molecule has 65 heavy (non-hydrogen) atoms. The van der Waals surface area contributed by atoms with Crippen LogP contribution in [0.5, 0.6) is 0 Å². The second-order valence-corrected chi connectivity index (χ2v) is 19.8. The molecule has 330 valence electrons. The van der Waals surface area contributed by atoms with E-state index in [9.17, 15) is 9.59 Å². The van der Waals surface area contributed by atoms with Crippen LogP contribution < -0.4 is 0 Å². The molecule has 0 bridgehead atoms. The summed E-state index contributed by atoms with van der Waals surface area (Å²) >= 11 is 3.39. The van der Waals surface area contributed by atoms with Gasteiger partial charge in [0, 0.05) is 36.1 Å². The topological polar surface area (TPSA) is 77.3 Å². The fourth-order valence-corrected chi connectivity index (χ4v) is 11.7. The number of benzene rings is 4. The minimum Gasteiger partial charge on any atom is -0.312 e. The van der Waals surface area contributed by atoms with Crippen molar-refractivity contribution in [2.24, 2.45) is 10.3 Å². The highest BCUT2D eigenvalue weighted by atomic mass is 32.1. The van der Waals surface area contributed by atoms with Gasteiger partial charge in [0.1, 0.15) is 11.4 Å². The van der Waals surface area contributed by atoms with Crippen molar-refractivity contribution >= 4 is 58.2 Å². The SMILES string of the molecule is CCCCCCCCC1(CCCCCCCC)c2cc(-c3ccc(C=C4C(=O)ON=C4c4ccccc4)s3)ccc2-c2ccc(-c3ccc(C=C4C(=O)ON=C4c4ccccc4)s3)cc21. The highest BCUT2D eigenvalue weighted by Gasteiger charge is 2.43. The van der Waals surface area contributed by atoms with Crippen molar-refractivity contribution in [1.29, 1.82) is 0 Å². The molecule has 9 rings (SSSR count). The van der Waals surface area contributed by atoms with Crippen LogP contribution in [0.3, 0.4) is 0 Å². The Bertz CT molecular complexity index is 2600. The molecule has 6 nitrogen and oxygen atoms in total. The Morgan fingerprint density at radius 1 is 0.477 bits per heavy atom. The summed E-state index contributed by atoms with van der Waals surface area (Å²) in [6.45, 7) is 4.57. The van der Waals surface area contributed by atoms with E-state index in [1.165, 1.54) is 120 Å². The van der Waals surface area contributed by atoms with Gasteiger partial charge in [-0.25, -0.2) is 9.59 Å². The lowest BCUT2D eigenvalue weighted by molar-refractivity contribution is -0.137. The Balaban J connectivity index is 1.07. The van der Waals surface area contributed by atoms with Crippen molar-refractivity contribution in [3.05, 3.63) is 164 Å². The van der Waals surface area contributed by atoms with Gasteiger partial charge in [-0.2, -0.15) is 0 Å². The van der Waals surface area contributed by atoms with E-state index in [0.717, 1.165) is 33.7 Å². The molecule has 0 fully saturated rings. The molecule has 2 aromatic heterocycles. The molecule has 0 amide bonds. The Morgan fingerprint density at radius 2 is 0.892 bits per heavy atom. The fraction of sp³-hybridized carbons (Fsp3) is 0.298. The number of unbranched alkanes of at least 4 members (excludes halogenated alkanes) is 10. The van der Waals surface area contributed by atoms with Crippen molar-refractivity contribution < 1.29 is 19.3 Å². The van der Waals surface area contributed by atoms with Crippen LogP contribution in [0.2, 0.25) is 0 Å². The van der Waals surface area contributed by atoms with Crippen molar-refractivity contribution in [2.75, 3.05) is 0 Å². The summed E-state index contributed by atoms with van der Waals surface area (Å²) in [4.78, 5) is 40.4. The maximum atomic E-state index is 12.9. The maximum absolute atomic E-state index is 12.9. The van der Waals surface area contributed by atoms with Crippen molar-refractivity contribution in [2.45, 2.75) is 109 Å². The Kier molecular flexibility index (Phi) is 13.9. The molecular formula is C57H56N2O4S2. The van der Waals surface area contributed by atoms with Crippen molar-refractivity contribution in [3.8, 4) is 32.0 Å². The fourth-order valence-electron chi connectivity index (χ4n) is 9.76. The minimum absolute atomic E-state index is 0.125. The van der Waals surface area contributed by atoms with Gasteiger partial charge in [0.05, 0.1) is 11.1 Å². The lowest BCUT2D eigenvalue weighted by atomic mass is 9.70. The molecule has 0 atom stereocenters. The molecule has 0 unspecified atom stereocenters. The molecule has 4 aromatic carbocycles. The zero-order chi connectivity index (χ0) is 44.6.